The number of aliphatic imine (C=N–C) groups is 1. The van der Waals surface area contributed by atoms with Crippen molar-refractivity contribution in [3.63, 3.8) is 0 Å². The Morgan fingerprint density at radius 3 is 2.73 bits per heavy atom. The second-order valence-corrected chi connectivity index (χ2v) is 7.29. The minimum absolute atomic E-state index is 0.255. The molecule has 1 fully saturated rings. The van der Waals surface area contributed by atoms with Crippen LogP contribution in [0.3, 0.4) is 0 Å². The van der Waals surface area contributed by atoms with Gasteiger partial charge < -0.3 is 9.84 Å². The van der Waals surface area contributed by atoms with Crippen molar-refractivity contribution in [3.05, 3.63) is 23.3 Å². The zero-order valence-electron chi connectivity index (χ0n) is 14.0. The summed E-state index contributed by atoms with van der Waals surface area (Å²) in [4.78, 5) is 4.83. The standard InChI is InChI=1S/C19H27NO2/c1-4-5-6-7-13-10-16(21)18-15(20-14-8-9-14)12-19(2,3)22-17(18)11-13/h10-11,14,21H,4-9,12H2,1-3H3. The first-order chi connectivity index (χ1) is 10.5. The fourth-order valence-electron chi connectivity index (χ4n) is 3.11. The molecular formula is C19H27NO2. The molecule has 2 aliphatic rings. The van der Waals surface area contributed by atoms with E-state index in [0.717, 1.165) is 41.9 Å². The molecule has 0 atom stereocenters. The number of aromatic hydroxyl groups is 1. The van der Waals surface area contributed by atoms with Gasteiger partial charge in [-0.1, -0.05) is 19.8 Å². The average molecular weight is 301 g/mol. The number of fused-ring (bicyclic) bond motifs is 1. The monoisotopic (exact) mass is 301 g/mol. The number of unbranched alkanes of at least 4 members (excludes halogenated alkanes) is 2. The van der Waals surface area contributed by atoms with Crippen LogP contribution in [-0.2, 0) is 6.42 Å². The number of nitrogens with zero attached hydrogens (tertiary/aromatic N) is 1. The molecule has 3 nitrogen and oxygen atoms in total. The number of hydrogen-bond acceptors (Lipinski definition) is 3. The predicted molar refractivity (Wildman–Crippen MR) is 90.2 cm³/mol. The fraction of sp³-hybridized carbons (Fsp3) is 0.632. The van der Waals surface area contributed by atoms with Crippen molar-refractivity contribution in [1.29, 1.82) is 0 Å². The first kappa shape index (κ1) is 15.4. The summed E-state index contributed by atoms with van der Waals surface area (Å²) < 4.78 is 6.14. The van der Waals surface area contributed by atoms with Crippen molar-refractivity contribution in [2.75, 3.05) is 0 Å². The van der Waals surface area contributed by atoms with Gasteiger partial charge in [0.25, 0.3) is 0 Å². The highest BCUT2D eigenvalue weighted by Gasteiger charge is 2.34. The van der Waals surface area contributed by atoms with Crippen LogP contribution in [0.5, 0.6) is 11.5 Å². The van der Waals surface area contributed by atoms with Gasteiger partial charge >= 0.3 is 0 Å². The Morgan fingerprint density at radius 2 is 2.05 bits per heavy atom. The lowest BCUT2D eigenvalue weighted by molar-refractivity contribution is 0.110. The van der Waals surface area contributed by atoms with E-state index < -0.39 is 0 Å². The van der Waals surface area contributed by atoms with Gasteiger partial charge in [0.15, 0.2) is 0 Å². The van der Waals surface area contributed by atoms with Crippen LogP contribution in [0.15, 0.2) is 17.1 Å². The second kappa shape index (κ2) is 5.94. The van der Waals surface area contributed by atoms with E-state index in [1.165, 1.54) is 25.7 Å². The molecule has 0 aromatic heterocycles. The predicted octanol–water partition coefficient (Wildman–Crippen LogP) is 4.64. The SMILES string of the molecule is CCCCCc1cc(O)c2c(c1)OC(C)(C)CC2=NC1CC1. The van der Waals surface area contributed by atoms with E-state index >= 15 is 0 Å². The molecule has 1 saturated carbocycles. The molecule has 120 valence electrons. The maximum Gasteiger partial charge on any atom is 0.133 e. The van der Waals surface area contributed by atoms with Crippen LogP contribution in [0, 0.1) is 0 Å². The third-order valence-corrected chi connectivity index (χ3v) is 4.36. The summed E-state index contributed by atoms with van der Waals surface area (Å²) in [5, 5.41) is 10.5. The largest absolute Gasteiger partial charge is 0.507 e. The molecule has 1 aromatic rings. The lowest BCUT2D eigenvalue weighted by Crippen LogP contribution is -2.36. The van der Waals surface area contributed by atoms with E-state index in [1.807, 2.05) is 6.07 Å². The smallest absolute Gasteiger partial charge is 0.133 e. The average Bonchev–Trinajstić information content (AvgIpc) is 3.20. The minimum Gasteiger partial charge on any atom is -0.507 e. The van der Waals surface area contributed by atoms with Crippen molar-refractivity contribution >= 4 is 5.71 Å². The highest BCUT2D eigenvalue weighted by atomic mass is 16.5. The van der Waals surface area contributed by atoms with Crippen molar-refractivity contribution < 1.29 is 9.84 Å². The van der Waals surface area contributed by atoms with Gasteiger partial charge in [-0.15, -0.1) is 0 Å². The van der Waals surface area contributed by atoms with Crippen molar-refractivity contribution in [2.45, 2.75) is 77.4 Å². The number of ether oxygens (including phenoxy) is 1. The number of hydrogen-bond donors (Lipinski definition) is 1. The van der Waals surface area contributed by atoms with Gasteiger partial charge in [0.1, 0.15) is 17.1 Å². The number of aryl methyl sites for hydroxylation is 1. The van der Waals surface area contributed by atoms with Crippen LogP contribution >= 0.6 is 0 Å². The molecule has 3 rings (SSSR count). The van der Waals surface area contributed by atoms with Gasteiger partial charge in [0.2, 0.25) is 0 Å². The summed E-state index contributed by atoms with van der Waals surface area (Å²) in [7, 11) is 0. The van der Waals surface area contributed by atoms with Crippen LogP contribution in [0.25, 0.3) is 0 Å². The molecule has 3 heteroatoms. The van der Waals surface area contributed by atoms with Gasteiger partial charge in [-0.2, -0.15) is 0 Å². The summed E-state index contributed by atoms with van der Waals surface area (Å²) in [6.45, 7) is 6.40. The summed E-state index contributed by atoms with van der Waals surface area (Å²) in [6, 6.07) is 4.47. The lowest BCUT2D eigenvalue weighted by atomic mass is 9.90. The highest BCUT2D eigenvalue weighted by Crippen LogP contribution is 2.41. The Morgan fingerprint density at radius 1 is 1.27 bits per heavy atom. The molecule has 0 unspecified atom stereocenters. The quantitative estimate of drug-likeness (QED) is 0.805. The van der Waals surface area contributed by atoms with Crippen LogP contribution in [0.1, 0.15) is 70.4 Å². The molecule has 0 saturated heterocycles. The molecule has 22 heavy (non-hydrogen) atoms. The lowest BCUT2D eigenvalue weighted by Gasteiger charge is -2.34. The van der Waals surface area contributed by atoms with Crippen LogP contribution in [0.2, 0.25) is 0 Å². The molecule has 1 heterocycles. The molecule has 1 aliphatic heterocycles. The van der Waals surface area contributed by atoms with Gasteiger partial charge in [-0.25, -0.2) is 0 Å². The van der Waals surface area contributed by atoms with Gasteiger partial charge in [-0.05, 0) is 57.2 Å². The zero-order valence-corrected chi connectivity index (χ0v) is 14.0. The first-order valence-corrected chi connectivity index (χ1v) is 8.60. The topological polar surface area (TPSA) is 41.8 Å². The number of phenols is 1. The Kier molecular flexibility index (Phi) is 4.16. The second-order valence-electron chi connectivity index (χ2n) is 7.29. The minimum atomic E-state index is -0.255. The zero-order chi connectivity index (χ0) is 15.7. The maximum absolute atomic E-state index is 10.5. The molecule has 0 bridgehead atoms. The third-order valence-electron chi connectivity index (χ3n) is 4.36. The van der Waals surface area contributed by atoms with E-state index in [0.29, 0.717) is 11.8 Å². The van der Waals surface area contributed by atoms with Crippen LogP contribution < -0.4 is 4.74 Å². The van der Waals surface area contributed by atoms with Crippen molar-refractivity contribution in [1.82, 2.24) is 0 Å². The van der Waals surface area contributed by atoms with Crippen LogP contribution in [-0.4, -0.2) is 22.5 Å². The summed E-state index contributed by atoms with van der Waals surface area (Å²) >= 11 is 0. The molecule has 0 spiro atoms. The molecule has 1 aliphatic carbocycles. The molecule has 1 aromatic carbocycles. The van der Waals surface area contributed by atoms with E-state index in [9.17, 15) is 5.11 Å². The Hall–Kier alpha value is -1.51. The van der Waals surface area contributed by atoms with Crippen LogP contribution in [0.4, 0.5) is 0 Å². The number of rotatable bonds is 5. The van der Waals surface area contributed by atoms with Gasteiger partial charge in [-0.3, -0.25) is 4.99 Å². The number of phenolic OH excluding ortho intramolecular Hbond substituents is 1. The number of benzene rings is 1. The first-order valence-electron chi connectivity index (χ1n) is 8.60. The third kappa shape index (κ3) is 3.45. The Labute approximate surface area is 133 Å². The van der Waals surface area contributed by atoms with E-state index in [1.54, 1.807) is 0 Å². The van der Waals surface area contributed by atoms with E-state index in [4.69, 9.17) is 9.73 Å². The maximum atomic E-state index is 10.5. The summed E-state index contributed by atoms with van der Waals surface area (Å²) in [5.74, 6) is 1.14. The van der Waals surface area contributed by atoms with Gasteiger partial charge in [0, 0.05) is 6.42 Å². The van der Waals surface area contributed by atoms with Gasteiger partial charge in [0.05, 0.1) is 17.3 Å². The Balaban J connectivity index is 1.93. The summed E-state index contributed by atoms with van der Waals surface area (Å²) in [6.07, 6.45) is 7.69. The molecule has 1 N–H and O–H groups in total. The summed E-state index contributed by atoms with van der Waals surface area (Å²) in [5.41, 5.74) is 2.75. The molecule has 0 amide bonds. The fourth-order valence-corrected chi connectivity index (χ4v) is 3.11. The molecule has 0 radical (unpaired) electrons. The van der Waals surface area contributed by atoms with E-state index in [-0.39, 0.29) is 5.60 Å². The molecular weight excluding hydrogens is 274 g/mol. The highest BCUT2D eigenvalue weighted by molar-refractivity contribution is 6.06. The normalized spacial score (nSPS) is 21.5. The Bertz CT molecular complexity index is 585. The van der Waals surface area contributed by atoms with E-state index in [2.05, 4.69) is 26.8 Å². The van der Waals surface area contributed by atoms with Crippen molar-refractivity contribution in [3.8, 4) is 11.5 Å². The van der Waals surface area contributed by atoms with Crippen molar-refractivity contribution in [2.24, 2.45) is 4.99 Å².